The second kappa shape index (κ2) is 7.09. The minimum absolute atomic E-state index is 0.241. The molecule has 3 rings (SSSR count). The van der Waals surface area contributed by atoms with Crippen molar-refractivity contribution < 1.29 is 14.1 Å². The van der Waals surface area contributed by atoms with Crippen LogP contribution < -0.4 is 4.74 Å². The first-order valence-corrected chi connectivity index (χ1v) is 7.55. The lowest BCUT2D eigenvalue weighted by atomic mass is 10.1. The Bertz CT molecular complexity index is 970. The number of nitrogens with one attached hydrogen (secondary N) is 1. The molecular formula is C15H13N5O4S. The number of hydrogen-bond donors (Lipinski definition) is 1. The molecule has 10 heteroatoms. The number of methoxy groups -OCH3 is 1. The molecule has 25 heavy (non-hydrogen) atoms. The van der Waals surface area contributed by atoms with Crippen LogP contribution in [0.4, 0.5) is 5.88 Å². The van der Waals surface area contributed by atoms with Gasteiger partial charge in [-0.3, -0.25) is 15.2 Å². The van der Waals surface area contributed by atoms with E-state index in [9.17, 15) is 10.1 Å². The maximum Gasteiger partial charge on any atom is 0.433 e. The molecule has 128 valence electrons. The first-order valence-electron chi connectivity index (χ1n) is 7.14. The Morgan fingerprint density at radius 3 is 2.80 bits per heavy atom. The van der Waals surface area contributed by atoms with Crippen LogP contribution in [0.3, 0.4) is 0 Å². The van der Waals surface area contributed by atoms with Gasteiger partial charge in [0, 0.05) is 6.42 Å². The van der Waals surface area contributed by atoms with E-state index < -0.39 is 4.92 Å². The predicted molar refractivity (Wildman–Crippen MR) is 91.6 cm³/mol. The monoisotopic (exact) mass is 359 g/mol. The summed E-state index contributed by atoms with van der Waals surface area (Å²) in [5.41, 5.74) is 1.000. The van der Waals surface area contributed by atoms with Crippen molar-refractivity contribution in [2.24, 2.45) is 5.10 Å². The molecule has 0 bridgehead atoms. The van der Waals surface area contributed by atoms with Crippen molar-refractivity contribution in [1.29, 1.82) is 0 Å². The Balaban J connectivity index is 1.81. The zero-order valence-electron chi connectivity index (χ0n) is 13.1. The number of nitrogens with zero attached hydrogens (tertiary/aromatic N) is 4. The van der Waals surface area contributed by atoms with Gasteiger partial charge in [-0.1, -0.05) is 12.1 Å². The lowest BCUT2D eigenvalue weighted by Crippen LogP contribution is -2.00. The third kappa shape index (κ3) is 3.80. The summed E-state index contributed by atoms with van der Waals surface area (Å²) in [4.78, 5) is 10.0. The van der Waals surface area contributed by atoms with E-state index in [1.807, 2.05) is 24.3 Å². The number of aromatic amines is 1. The van der Waals surface area contributed by atoms with Gasteiger partial charge in [0.1, 0.15) is 10.7 Å². The van der Waals surface area contributed by atoms with Crippen molar-refractivity contribution in [2.75, 3.05) is 7.11 Å². The van der Waals surface area contributed by atoms with Gasteiger partial charge >= 0.3 is 5.88 Å². The van der Waals surface area contributed by atoms with Gasteiger partial charge in [-0.2, -0.15) is 14.9 Å². The number of rotatable bonds is 6. The maximum absolute atomic E-state index is 10.6. The lowest BCUT2D eigenvalue weighted by molar-refractivity contribution is -0.402. The third-order valence-corrected chi connectivity index (χ3v) is 3.60. The fourth-order valence-corrected chi connectivity index (χ4v) is 2.31. The highest BCUT2D eigenvalue weighted by atomic mass is 32.1. The average Bonchev–Trinajstić information content (AvgIpc) is 3.21. The topological polar surface area (TPSA) is 111 Å². The average molecular weight is 359 g/mol. The van der Waals surface area contributed by atoms with Crippen LogP contribution in [0, 0.1) is 14.9 Å². The van der Waals surface area contributed by atoms with E-state index in [1.54, 1.807) is 7.11 Å². The highest BCUT2D eigenvalue weighted by Crippen LogP contribution is 2.15. The highest BCUT2D eigenvalue weighted by Gasteiger charge is 2.11. The molecule has 0 saturated carbocycles. The van der Waals surface area contributed by atoms with E-state index in [1.165, 1.54) is 23.0 Å². The van der Waals surface area contributed by atoms with E-state index in [0.717, 1.165) is 11.3 Å². The molecule has 1 N–H and O–H groups in total. The lowest BCUT2D eigenvalue weighted by Gasteiger charge is -2.03. The summed E-state index contributed by atoms with van der Waals surface area (Å²) < 4.78 is 11.9. The Labute approximate surface area is 146 Å². The Morgan fingerprint density at radius 2 is 2.16 bits per heavy atom. The molecule has 0 fully saturated rings. The van der Waals surface area contributed by atoms with Crippen molar-refractivity contribution in [3.8, 4) is 5.75 Å². The molecule has 0 atom stereocenters. The summed E-state index contributed by atoms with van der Waals surface area (Å²) in [6, 6.07) is 10.3. The first kappa shape index (κ1) is 16.6. The van der Waals surface area contributed by atoms with Gasteiger partial charge in [-0.05, 0) is 36.0 Å². The normalized spacial score (nSPS) is 11.1. The minimum Gasteiger partial charge on any atom is -0.497 e. The molecule has 1 aromatic carbocycles. The van der Waals surface area contributed by atoms with Crippen molar-refractivity contribution in [3.63, 3.8) is 0 Å². The maximum atomic E-state index is 10.6. The zero-order chi connectivity index (χ0) is 17.8. The summed E-state index contributed by atoms with van der Waals surface area (Å²) >= 11 is 5.16. The number of ether oxygens (including phenoxy) is 1. The second-order valence-electron chi connectivity index (χ2n) is 4.96. The Kier molecular flexibility index (Phi) is 4.70. The summed E-state index contributed by atoms with van der Waals surface area (Å²) in [6.45, 7) is 0. The molecule has 0 unspecified atom stereocenters. The van der Waals surface area contributed by atoms with E-state index >= 15 is 0 Å². The predicted octanol–water partition coefficient (Wildman–Crippen LogP) is 2.92. The highest BCUT2D eigenvalue weighted by molar-refractivity contribution is 7.71. The zero-order valence-corrected chi connectivity index (χ0v) is 13.9. The van der Waals surface area contributed by atoms with Crippen molar-refractivity contribution in [3.05, 3.63) is 68.4 Å². The molecule has 9 nitrogen and oxygen atoms in total. The number of hydrogen-bond acceptors (Lipinski definition) is 7. The van der Waals surface area contributed by atoms with Gasteiger partial charge in [0.25, 0.3) is 0 Å². The Hall–Kier alpha value is -3.27. The number of aromatic nitrogens is 3. The molecule has 0 amide bonds. The molecule has 0 saturated heterocycles. The number of nitro groups is 1. The van der Waals surface area contributed by atoms with Crippen LogP contribution in [0.2, 0.25) is 0 Å². The van der Waals surface area contributed by atoms with Crippen LogP contribution in [0.25, 0.3) is 0 Å². The largest absolute Gasteiger partial charge is 0.497 e. The van der Waals surface area contributed by atoms with Crippen LogP contribution in [0.5, 0.6) is 5.75 Å². The van der Waals surface area contributed by atoms with Crippen LogP contribution in [0.1, 0.15) is 17.1 Å². The van der Waals surface area contributed by atoms with Crippen molar-refractivity contribution in [1.82, 2.24) is 14.9 Å². The van der Waals surface area contributed by atoms with E-state index in [0.29, 0.717) is 17.0 Å². The first-order chi connectivity index (χ1) is 12.1. The number of benzene rings is 1. The van der Waals surface area contributed by atoms with Crippen molar-refractivity contribution >= 4 is 24.3 Å². The van der Waals surface area contributed by atoms with Gasteiger partial charge in [-0.25, -0.2) is 0 Å². The Morgan fingerprint density at radius 1 is 1.40 bits per heavy atom. The molecule has 0 aliphatic carbocycles. The van der Waals surface area contributed by atoms with Crippen LogP contribution in [0.15, 0.2) is 45.9 Å². The molecule has 0 radical (unpaired) electrons. The van der Waals surface area contributed by atoms with Crippen LogP contribution in [-0.4, -0.2) is 33.1 Å². The van der Waals surface area contributed by atoms with Crippen molar-refractivity contribution in [2.45, 2.75) is 6.42 Å². The van der Waals surface area contributed by atoms with E-state index in [2.05, 4.69) is 15.3 Å². The van der Waals surface area contributed by atoms with Gasteiger partial charge < -0.3 is 9.15 Å². The summed E-state index contributed by atoms with van der Waals surface area (Å²) in [5, 5.41) is 21.7. The van der Waals surface area contributed by atoms with Crippen LogP contribution in [-0.2, 0) is 6.42 Å². The second-order valence-corrected chi connectivity index (χ2v) is 5.35. The fraction of sp³-hybridized carbons (Fsp3) is 0.133. The van der Waals surface area contributed by atoms with Gasteiger partial charge in [0.15, 0.2) is 11.6 Å². The number of H-pyrrole nitrogens is 1. The van der Waals surface area contributed by atoms with Gasteiger partial charge in [-0.15, -0.1) is 0 Å². The number of furan rings is 1. The molecule has 3 aromatic rings. The molecule has 2 aromatic heterocycles. The molecule has 0 spiro atoms. The minimum atomic E-state index is -0.615. The quantitative estimate of drug-likeness (QED) is 0.313. The van der Waals surface area contributed by atoms with E-state index in [-0.39, 0.29) is 11.6 Å². The standard InChI is InChI=1S/C15H13N5O4S/c1-23-11-4-2-10(3-5-11)8-13-17-18-15(25)19(13)16-9-12-6-7-14(24-12)20(21)22/h2-7,9H,8H2,1H3,(H,18,25)/b16-9-. The van der Waals surface area contributed by atoms with Crippen LogP contribution >= 0.6 is 12.2 Å². The molecule has 0 aliphatic rings. The smallest absolute Gasteiger partial charge is 0.433 e. The third-order valence-electron chi connectivity index (χ3n) is 3.33. The SMILES string of the molecule is COc1ccc(Cc2n[nH]c(=S)n2/N=C\c2ccc([N+](=O)[O-])o2)cc1. The van der Waals surface area contributed by atoms with E-state index in [4.69, 9.17) is 21.4 Å². The van der Waals surface area contributed by atoms with Gasteiger partial charge in [0.05, 0.1) is 19.4 Å². The summed E-state index contributed by atoms with van der Waals surface area (Å²) in [6.07, 6.45) is 1.84. The summed E-state index contributed by atoms with van der Waals surface area (Å²) in [7, 11) is 1.60. The molecule has 0 aliphatic heterocycles. The molecular weight excluding hydrogens is 346 g/mol. The molecule has 2 heterocycles. The summed E-state index contributed by atoms with van der Waals surface area (Å²) in [5.74, 6) is 1.24. The van der Waals surface area contributed by atoms with Gasteiger partial charge in [0.2, 0.25) is 4.77 Å². The fourth-order valence-electron chi connectivity index (χ4n) is 2.11.